The molecule has 1 unspecified atom stereocenters. The fourth-order valence-corrected chi connectivity index (χ4v) is 3.88. The van der Waals surface area contributed by atoms with E-state index in [1.54, 1.807) is 17.5 Å². The largest absolute Gasteiger partial charge is 0.345 e. The van der Waals surface area contributed by atoms with Crippen molar-refractivity contribution >= 4 is 28.3 Å². The molecule has 0 saturated heterocycles. The van der Waals surface area contributed by atoms with Gasteiger partial charge in [-0.25, -0.2) is 4.98 Å². The van der Waals surface area contributed by atoms with Crippen LogP contribution in [0.1, 0.15) is 22.0 Å². The summed E-state index contributed by atoms with van der Waals surface area (Å²) in [7, 11) is 0. The van der Waals surface area contributed by atoms with Crippen LogP contribution in [-0.4, -0.2) is 22.4 Å². The van der Waals surface area contributed by atoms with Gasteiger partial charge in [0, 0.05) is 40.1 Å². The van der Waals surface area contributed by atoms with Gasteiger partial charge in [-0.15, -0.1) is 11.3 Å². The number of hydrogen-bond donors (Lipinski definition) is 3. The van der Waals surface area contributed by atoms with Crippen LogP contribution in [0.2, 0.25) is 0 Å². The molecule has 0 aliphatic rings. The SMILES string of the molecule is NCC(NC(=O)c1csc(-c2c[nH]c3ncccc23)c1)c1ccccc1. The maximum atomic E-state index is 12.7. The predicted octanol–water partition coefficient (Wildman–Crippen LogP) is 3.72. The first-order valence-corrected chi connectivity index (χ1v) is 9.21. The Bertz CT molecular complexity index is 1040. The van der Waals surface area contributed by atoms with Crippen molar-refractivity contribution in [2.45, 2.75) is 6.04 Å². The third kappa shape index (κ3) is 3.12. The highest BCUT2D eigenvalue weighted by molar-refractivity contribution is 7.14. The first kappa shape index (κ1) is 16.5. The number of aromatic nitrogens is 2. The zero-order valence-corrected chi connectivity index (χ0v) is 14.8. The summed E-state index contributed by atoms with van der Waals surface area (Å²) in [5.41, 5.74) is 9.38. The van der Waals surface area contributed by atoms with Gasteiger partial charge in [-0.05, 0) is 23.8 Å². The molecular weight excluding hydrogens is 344 g/mol. The Hall–Kier alpha value is -2.96. The second-order valence-electron chi connectivity index (χ2n) is 5.97. The zero-order valence-electron chi connectivity index (χ0n) is 14.0. The van der Waals surface area contributed by atoms with Crippen molar-refractivity contribution in [1.29, 1.82) is 0 Å². The molecule has 0 spiro atoms. The molecule has 4 aromatic rings. The van der Waals surface area contributed by atoms with Gasteiger partial charge in [0.1, 0.15) is 5.65 Å². The molecule has 0 bridgehead atoms. The summed E-state index contributed by atoms with van der Waals surface area (Å²) in [5.74, 6) is -0.121. The lowest BCUT2D eigenvalue weighted by molar-refractivity contribution is 0.0938. The minimum absolute atomic E-state index is 0.121. The van der Waals surface area contributed by atoms with E-state index in [0.717, 1.165) is 27.0 Å². The predicted molar refractivity (Wildman–Crippen MR) is 105 cm³/mol. The maximum Gasteiger partial charge on any atom is 0.252 e. The van der Waals surface area contributed by atoms with Crippen molar-refractivity contribution in [3.8, 4) is 10.4 Å². The summed E-state index contributed by atoms with van der Waals surface area (Å²) in [6.45, 7) is 0.348. The van der Waals surface area contributed by atoms with Gasteiger partial charge in [0.2, 0.25) is 0 Å². The minimum atomic E-state index is -0.204. The van der Waals surface area contributed by atoms with Gasteiger partial charge in [0.15, 0.2) is 0 Å². The highest BCUT2D eigenvalue weighted by atomic mass is 32.1. The summed E-state index contributed by atoms with van der Waals surface area (Å²) in [6.07, 6.45) is 3.68. The van der Waals surface area contributed by atoms with E-state index in [0.29, 0.717) is 12.1 Å². The molecule has 0 saturated carbocycles. The molecule has 130 valence electrons. The molecular formula is C20H18N4OS. The number of carbonyl (C=O) groups is 1. The van der Waals surface area contributed by atoms with E-state index in [1.165, 1.54) is 0 Å². The zero-order chi connectivity index (χ0) is 17.9. The number of nitrogens with one attached hydrogen (secondary N) is 2. The Morgan fingerprint density at radius 3 is 2.88 bits per heavy atom. The monoisotopic (exact) mass is 362 g/mol. The molecule has 6 heteroatoms. The molecule has 1 aromatic carbocycles. The Labute approximate surface area is 154 Å². The van der Waals surface area contributed by atoms with Crippen molar-refractivity contribution in [3.05, 3.63) is 77.4 Å². The molecule has 1 amide bonds. The van der Waals surface area contributed by atoms with Crippen molar-refractivity contribution in [1.82, 2.24) is 15.3 Å². The lowest BCUT2D eigenvalue weighted by Gasteiger charge is -2.16. The van der Waals surface area contributed by atoms with E-state index < -0.39 is 0 Å². The summed E-state index contributed by atoms with van der Waals surface area (Å²) < 4.78 is 0. The van der Waals surface area contributed by atoms with Crippen LogP contribution in [0.5, 0.6) is 0 Å². The van der Waals surface area contributed by atoms with Crippen LogP contribution < -0.4 is 11.1 Å². The Kier molecular flexibility index (Phi) is 4.51. The van der Waals surface area contributed by atoms with E-state index in [4.69, 9.17) is 5.73 Å². The Balaban J connectivity index is 1.57. The van der Waals surface area contributed by atoms with Gasteiger partial charge in [-0.1, -0.05) is 30.3 Å². The average molecular weight is 362 g/mol. The van der Waals surface area contributed by atoms with Crippen LogP contribution in [0, 0.1) is 0 Å². The minimum Gasteiger partial charge on any atom is -0.345 e. The molecule has 0 fully saturated rings. The molecule has 26 heavy (non-hydrogen) atoms. The number of benzene rings is 1. The van der Waals surface area contributed by atoms with Crippen molar-refractivity contribution in [3.63, 3.8) is 0 Å². The Morgan fingerprint density at radius 2 is 2.08 bits per heavy atom. The standard InChI is InChI=1S/C20H18N4OS/c21-10-17(13-5-2-1-3-6-13)24-20(25)14-9-18(26-12-14)16-11-23-19-15(16)7-4-8-22-19/h1-9,11-12,17H,10,21H2,(H,22,23)(H,24,25). The van der Waals surface area contributed by atoms with E-state index in [1.807, 2.05) is 60.1 Å². The van der Waals surface area contributed by atoms with Crippen LogP contribution in [-0.2, 0) is 0 Å². The lowest BCUT2D eigenvalue weighted by atomic mass is 10.1. The molecule has 5 nitrogen and oxygen atoms in total. The van der Waals surface area contributed by atoms with E-state index >= 15 is 0 Å². The van der Waals surface area contributed by atoms with E-state index in [-0.39, 0.29) is 11.9 Å². The molecule has 0 radical (unpaired) electrons. The highest BCUT2D eigenvalue weighted by Crippen LogP contribution is 2.32. The van der Waals surface area contributed by atoms with Gasteiger partial charge >= 0.3 is 0 Å². The molecule has 1 atom stereocenters. The summed E-state index contributed by atoms with van der Waals surface area (Å²) in [4.78, 5) is 21.2. The molecule has 4 rings (SSSR count). The normalized spacial score (nSPS) is 12.2. The number of fused-ring (bicyclic) bond motifs is 1. The number of rotatable bonds is 5. The number of aromatic amines is 1. The van der Waals surface area contributed by atoms with Gasteiger partial charge in [0.25, 0.3) is 5.91 Å². The summed E-state index contributed by atoms with van der Waals surface area (Å²) in [6, 6.07) is 15.4. The lowest BCUT2D eigenvalue weighted by Crippen LogP contribution is -2.33. The fourth-order valence-electron chi connectivity index (χ4n) is 2.96. The Morgan fingerprint density at radius 1 is 1.23 bits per heavy atom. The van der Waals surface area contributed by atoms with Crippen molar-refractivity contribution in [2.75, 3.05) is 6.54 Å². The molecule has 0 aliphatic heterocycles. The van der Waals surface area contributed by atoms with Crippen LogP contribution in [0.3, 0.4) is 0 Å². The summed E-state index contributed by atoms with van der Waals surface area (Å²) in [5, 5.41) is 5.94. The van der Waals surface area contributed by atoms with Crippen LogP contribution in [0.4, 0.5) is 0 Å². The number of H-pyrrole nitrogens is 1. The van der Waals surface area contributed by atoms with Gasteiger partial charge in [-0.2, -0.15) is 0 Å². The average Bonchev–Trinajstić information content (AvgIpc) is 3.33. The number of hydrogen-bond acceptors (Lipinski definition) is 4. The second-order valence-corrected chi connectivity index (χ2v) is 6.89. The van der Waals surface area contributed by atoms with Crippen molar-refractivity contribution in [2.24, 2.45) is 5.73 Å². The van der Waals surface area contributed by atoms with Crippen LogP contribution in [0.15, 0.2) is 66.3 Å². The quantitative estimate of drug-likeness (QED) is 0.506. The van der Waals surface area contributed by atoms with E-state index in [9.17, 15) is 4.79 Å². The first-order valence-electron chi connectivity index (χ1n) is 8.33. The number of pyridine rings is 1. The molecule has 3 aromatic heterocycles. The smallest absolute Gasteiger partial charge is 0.252 e. The second kappa shape index (κ2) is 7.11. The first-order chi connectivity index (χ1) is 12.8. The van der Waals surface area contributed by atoms with Gasteiger partial charge < -0.3 is 16.0 Å². The van der Waals surface area contributed by atoms with Crippen LogP contribution in [0.25, 0.3) is 21.5 Å². The maximum absolute atomic E-state index is 12.7. The number of carbonyl (C=O) groups excluding carboxylic acids is 1. The van der Waals surface area contributed by atoms with Gasteiger partial charge in [0.05, 0.1) is 11.6 Å². The topological polar surface area (TPSA) is 83.8 Å². The molecule has 0 aliphatic carbocycles. The highest BCUT2D eigenvalue weighted by Gasteiger charge is 2.17. The van der Waals surface area contributed by atoms with Crippen molar-refractivity contribution < 1.29 is 4.79 Å². The molecule has 4 N–H and O–H groups in total. The number of nitrogens with two attached hydrogens (primary N) is 1. The third-order valence-corrected chi connectivity index (χ3v) is 5.28. The number of thiophene rings is 1. The summed E-state index contributed by atoms with van der Waals surface area (Å²) >= 11 is 1.54. The fraction of sp³-hybridized carbons (Fsp3) is 0.100. The number of nitrogens with zero attached hydrogens (tertiary/aromatic N) is 1. The third-order valence-electron chi connectivity index (χ3n) is 4.32. The van der Waals surface area contributed by atoms with E-state index in [2.05, 4.69) is 15.3 Å². The number of amides is 1. The van der Waals surface area contributed by atoms with Gasteiger partial charge in [-0.3, -0.25) is 4.79 Å². The van der Waals surface area contributed by atoms with Crippen LogP contribution >= 0.6 is 11.3 Å². The molecule has 3 heterocycles.